The summed E-state index contributed by atoms with van der Waals surface area (Å²) < 4.78 is 2.23. The van der Waals surface area contributed by atoms with Crippen molar-refractivity contribution in [2.75, 3.05) is 25.0 Å². The Labute approximate surface area is 169 Å². The molecule has 3 aromatic heterocycles. The van der Waals surface area contributed by atoms with Gasteiger partial charge in [-0.2, -0.15) is 0 Å². The fourth-order valence-electron chi connectivity index (χ4n) is 2.91. The fourth-order valence-corrected chi connectivity index (χ4v) is 6.26. The number of fused-ring (bicyclic) bond motifs is 2. The predicted molar refractivity (Wildman–Crippen MR) is 116 cm³/mol. The van der Waals surface area contributed by atoms with E-state index in [0.29, 0.717) is 6.54 Å². The van der Waals surface area contributed by atoms with Crippen LogP contribution in [0.15, 0.2) is 30.3 Å². The molecule has 1 aromatic carbocycles. The van der Waals surface area contributed by atoms with Gasteiger partial charge in [0.05, 0.1) is 26.3 Å². The summed E-state index contributed by atoms with van der Waals surface area (Å²) in [5, 5.41) is 1.98. The monoisotopic (exact) mass is 416 g/mol. The summed E-state index contributed by atoms with van der Waals surface area (Å²) in [5.74, 6) is 0.0221. The zero-order chi connectivity index (χ0) is 19.0. The highest BCUT2D eigenvalue weighted by atomic mass is 32.1. The second-order valence-electron chi connectivity index (χ2n) is 6.19. The lowest BCUT2D eigenvalue weighted by Gasteiger charge is -2.16. The molecule has 8 heteroatoms. The second kappa shape index (κ2) is 7.53. The van der Waals surface area contributed by atoms with Gasteiger partial charge in [0.1, 0.15) is 9.84 Å². The van der Waals surface area contributed by atoms with E-state index < -0.39 is 0 Å². The molecule has 0 unspecified atom stereocenters. The first-order valence-corrected chi connectivity index (χ1v) is 11.3. The van der Waals surface area contributed by atoms with E-state index in [1.54, 1.807) is 27.6 Å². The van der Waals surface area contributed by atoms with Crippen LogP contribution < -0.4 is 4.90 Å². The van der Waals surface area contributed by atoms with Crippen molar-refractivity contribution >= 4 is 64.8 Å². The molecule has 27 heavy (non-hydrogen) atoms. The number of aromatic nitrogens is 2. The molecule has 4 aromatic rings. The van der Waals surface area contributed by atoms with Crippen LogP contribution in [0.5, 0.6) is 0 Å². The molecule has 0 N–H and O–H groups in total. The Hall–Kier alpha value is -2.03. The summed E-state index contributed by atoms with van der Waals surface area (Å²) in [5.41, 5.74) is 0.989. The molecule has 0 aliphatic heterocycles. The maximum atomic E-state index is 12.8. The highest BCUT2D eigenvalue weighted by molar-refractivity contribution is 7.29. The number of nitrogens with zero attached hydrogens (tertiary/aromatic N) is 4. The van der Waals surface area contributed by atoms with Crippen LogP contribution in [-0.4, -0.2) is 40.9 Å². The van der Waals surface area contributed by atoms with E-state index in [0.717, 1.165) is 47.9 Å². The molecule has 0 saturated heterocycles. The number of anilines is 1. The van der Waals surface area contributed by atoms with E-state index >= 15 is 0 Å². The van der Waals surface area contributed by atoms with E-state index in [4.69, 9.17) is 4.98 Å². The van der Waals surface area contributed by atoms with Gasteiger partial charge in [0.2, 0.25) is 0 Å². The Bertz CT molecular complexity index is 1030. The maximum absolute atomic E-state index is 12.8. The first-order valence-electron chi connectivity index (χ1n) is 8.84. The van der Waals surface area contributed by atoms with Crippen LogP contribution in [-0.2, 0) is 6.54 Å². The number of thiazole rings is 2. The van der Waals surface area contributed by atoms with E-state index in [9.17, 15) is 4.79 Å². The van der Waals surface area contributed by atoms with Gasteiger partial charge in [-0.25, -0.2) is 9.97 Å². The van der Waals surface area contributed by atoms with Gasteiger partial charge in [-0.05, 0) is 32.0 Å². The van der Waals surface area contributed by atoms with Crippen LogP contribution in [0, 0.1) is 0 Å². The Morgan fingerprint density at radius 1 is 1.04 bits per heavy atom. The van der Waals surface area contributed by atoms with Gasteiger partial charge in [-0.1, -0.05) is 23.5 Å². The SMILES string of the molecule is CCN(CC)c1nc2sc(C(=O)N(C)Cc3nc4ccccc4s3)cc2s1. The topological polar surface area (TPSA) is 49.3 Å². The molecular formula is C19H20N4OS3. The van der Waals surface area contributed by atoms with Crippen LogP contribution in [0.2, 0.25) is 0 Å². The molecule has 0 atom stereocenters. The van der Waals surface area contributed by atoms with Gasteiger partial charge in [0.25, 0.3) is 5.91 Å². The summed E-state index contributed by atoms with van der Waals surface area (Å²) in [6, 6.07) is 10.0. The zero-order valence-corrected chi connectivity index (χ0v) is 17.9. The number of para-hydroxylation sites is 1. The smallest absolute Gasteiger partial charge is 0.264 e. The number of carbonyl (C=O) groups excluding carboxylic acids is 1. The van der Waals surface area contributed by atoms with Gasteiger partial charge in [-0.15, -0.1) is 22.7 Å². The van der Waals surface area contributed by atoms with Crippen LogP contribution in [0.4, 0.5) is 5.13 Å². The van der Waals surface area contributed by atoms with E-state index in [-0.39, 0.29) is 5.91 Å². The van der Waals surface area contributed by atoms with E-state index in [1.807, 2.05) is 31.3 Å². The molecule has 0 bridgehead atoms. The van der Waals surface area contributed by atoms with Gasteiger partial charge >= 0.3 is 0 Å². The lowest BCUT2D eigenvalue weighted by atomic mass is 10.3. The Kier molecular flexibility index (Phi) is 5.12. The average Bonchev–Trinajstić information content (AvgIpc) is 3.34. The van der Waals surface area contributed by atoms with Crippen molar-refractivity contribution in [1.29, 1.82) is 0 Å². The van der Waals surface area contributed by atoms with Gasteiger partial charge in [-0.3, -0.25) is 4.79 Å². The Morgan fingerprint density at radius 3 is 2.52 bits per heavy atom. The normalized spacial score (nSPS) is 11.4. The van der Waals surface area contributed by atoms with Crippen LogP contribution in [0.1, 0.15) is 28.5 Å². The highest BCUT2D eigenvalue weighted by Crippen LogP contribution is 2.35. The number of carbonyl (C=O) groups is 1. The van der Waals surface area contributed by atoms with Crippen molar-refractivity contribution < 1.29 is 4.79 Å². The highest BCUT2D eigenvalue weighted by Gasteiger charge is 2.19. The number of hydrogen-bond donors (Lipinski definition) is 0. The van der Waals surface area contributed by atoms with Crippen molar-refractivity contribution in [3.63, 3.8) is 0 Å². The van der Waals surface area contributed by atoms with Gasteiger partial charge in [0, 0.05) is 20.1 Å². The van der Waals surface area contributed by atoms with Crippen molar-refractivity contribution in [3.8, 4) is 0 Å². The largest absolute Gasteiger partial charge is 0.349 e. The van der Waals surface area contributed by atoms with E-state index in [2.05, 4.69) is 29.8 Å². The Balaban J connectivity index is 1.51. The quantitative estimate of drug-likeness (QED) is 0.439. The molecule has 5 nitrogen and oxygen atoms in total. The number of thiophene rings is 1. The third kappa shape index (κ3) is 3.56. The molecule has 1 amide bonds. The summed E-state index contributed by atoms with van der Waals surface area (Å²) in [7, 11) is 1.83. The van der Waals surface area contributed by atoms with E-state index in [1.165, 1.54) is 11.3 Å². The van der Waals surface area contributed by atoms with Crippen molar-refractivity contribution in [3.05, 3.63) is 40.2 Å². The minimum atomic E-state index is 0.0221. The molecule has 140 valence electrons. The lowest BCUT2D eigenvalue weighted by molar-refractivity contribution is 0.0790. The molecule has 3 heterocycles. The van der Waals surface area contributed by atoms with Crippen LogP contribution >= 0.6 is 34.0 Å². The van der Waals surface area contributed by atoms with Crippen molar-refractivity contribution in [2.24, 2.45) is 0 Å². The average molecular weight is 417 g/mol. The Morgan fingerprint density at radius 2 is 1.81 bits per heavy atom. The number of rotatable bonds is 6. The molecule has 0 spiro atoms. The molecular weight excluding hydrogens is 396 g/mol. The molecule has 4 rings (SSSR count). The second-order valence-corrected chi connectivity index (χ2v) is 9.34. The predicted octanol–water partition coefficient (Wildman–Crippen LogP) is 5.09. The minimum Gasteiger partial charge on any atom is -0.349 e. The first kappa shape index (κ1) is 18.3. The van der Waals surface area contributed by atoms with Crippen LogP contribution in [0.3, 0.4) is 0 Å². The third-order valence-corrected chi connectivity index (χ3v) is 7.61. The molecule has 0 saturated carbocycles. The van der Waals surface area contributed by atoms with Crippen LogP contribution in [0.25, 0.3) is 19.7 Å². The number of amides is 1. The molecule has 0 aliphatic rings. The molecule has 0 fully saturated rings. The number of hydrogen-bond acceptors (Lipinski definition) is 7. The summed E-state index contributed by atoms with van der Waals surface area (Å²) in [4.78, 5) is 27.8. The number of benzene rings is 1. The van der Waals surface area contributed by atoms with Crippen molar-refractivity contribution in [2.45, 2.75) is 20.4 Å². The summed E-state index contributed by atoms with van der Waals surface area (Å²) in [6.45, 7) is 6.65. The third-order valence-electron chi connectivity index (χ3n) is 4.38. The first-order chi connectivity index (χ1) is 13.1. The van der Waals surface area contributed by atoms with Gasteiger partial charge in [0.15, 0.2) is 5.13 Å². The molecule has 0 aliphatic carbocycles. The van der Waals surface area contributed by atoms with Crippen molar-refractivity contribution in [1.82, 2.24) is 14.9 Å². The molecule has 0 radical (unpaired) electrons. The maximum Gasteiger partial charge on any atom is 0.264 e. The summed E-state index contributed by atoms with van der Waals surface area (Å²) in [6.07, 6.45) is 0. The zero-order valence-electron chi connectivity index (χ0n) is 15.4. The fraction of sp³-hybridized carbons (Fsp3) is 0.316. The lowest BCUT2D eigenvalue weighted by Crippen LogP contribution is -2.25. The minimum absolute atomic E-state index is 0.0221. The summed E-state index contributed by atoms with van der Waals surface area (Å²) >= 11 is 4.77. The van der Waals surface area contributed by atoms with Gasteiger partial charge < -0.3 is 9.80 Å². The standard InChI is InChI=1S/C19H20N4OS3/c1-4-23(5-2)19-21-17-14(27-19)10-15(26-17)18(24)22(3)11-16-20-12-8-6-7-9-13(12)25-16/h6-10H,4-5,11H2,1-3H3.